The number of hydrogen-bond acceptors (Lipinski definition) is 1. The van der Waals surface area contributed by atoms with E-state index in [4.69, 9.17) is 0 Å². The fourth-order valence-corrected chi connectivity index (χ4v) is 3.57. The first-order chi connectivity index (χ1) is 9.74. The Kier molecular flexibility index (Phi) is 4.04. The fourth-order valence-electron chi connectivity index (χ4n) is 3.57. The number of nitrogens with zero attached hydrogens (tertiary/aromatic N) is 1. The van der Waals surface area contributed by atoms with E-state index >= 15 is 0 Å². The first-order valence-corrected chi connectivity index (χ1v) is 7.83. The lowest BCUT2D eigenvalue weighted by molar-refractivity contribution is -0.119. The Balaban J connectivity index is 1.72. The highest BCUT2D eigenvalue weighted by molar-refractivity contribution is 5.94. The Hall–Kier alpha value is -1.38. The van der Waals surface area contributed by atoms with Crippen LogP contribution < -0.4 is 4.90 Å². The molecule has 2 nitrogen and oxygen atoms in total. The molecule has 1 aromatic rings. The van der Waals surface area contributed by atoms with Gasteiger partial charge in [-0.1, -0.05) is 19.3 Å². The maximum absolute atomic E-state index is 13.3. The molecule has 20 heavy (non-hydrogen) atoms. The van der Waals surface area contributed by atoms with Gasteiger partial charge in [0.15, 0.2) is 0 Å². The molecule has 1 saturated carbocycles. The SMILES string of the molecule is O=C(CC1CCCCC1)N1CCCc2cc(F)ccc21. The molecule has 3 heteroatoms. The van der Waals surface area contributed by atoms with Gasteiger partial charge in [0.2, 0.25) is 5.91 Å². The maximum Gasteiger partial charge on any atom is 0.227 e. The van der Waals surface area contributed by atoms with Gasteiger partial charge in [-0.3, -0.25) is 4.79 Å². The topological polar surface area (TPSA) is 20.3 Å². The minimum atomic E-state index is -0.203. The summed E-state index contributed by atoms with van der Waals surface area (Å²) in [6, 6.07) is 4.81. The Morgan fingerprint density at radius 2 is 2.00 bits per heavy atom. The number of amides is 1. The van der Waals surface area contributed by atoms with Crippen molar-refractivity contribution in [2.45, 2.75) is 51.4 Å². The van der Waals surface area contributed by atoms with Crippen LogP contribution in [0.3, 0.4) is 0 Å². The van der Waals surface area contributed by atoms with E-state index in [2.05, 4.69) is 0 Å². The van der Waals surface area contributed by atoms with Crippen LogP contribution in [0.2, 0.25) is 0 Å². The first-order valence-electron chi connectivity index (χ1n) is 7.83. The summed E-state index contributed by atoms with van der Waals surface area (Å²) in [5, 5.41) is 0. The zero-order chi connectivity index (χ0) is 13.9. The zero-order valence-corrected chi connectivity index (χ0v) is 11.9. The summed E-state index contributed by atoms with van der Waals surface area (Å²) in [4.78, 5) is 14.4. The molecule has 1 aromatic carbocycles. The molecule has 0 spiro atoms. The standard InChI is InChI=1S/C17H22FNO/c18-15-8-9-16-14(12-15)7-4-10-19(16)17(20)11-13-5-2-1-3-6-13/h8-9,12-13H,1-7,10-11H2. The third-order valence-corrected chi connectivity index (χ3v) is 4.65. The van der Waals surface area contributed by atoms with Crippen LogP contribution in [0, 0.1) is 11.7 Å². The van der Waals surface area contributed by atoms with E-state index in [-0.39, 0.29) is 11.7 Å². The highest BCUT2D eigenvalue weighted by atomic mass is 19.1. The quantitative estimate of drug-likeness (QED) is 0.796. The molecule has 1 amide bonds. The van der Waals surface area contributed by atoms with Gasteiger partial charge in [-0.25, -0.2) is 4.39 Å². The van der Waals surface area contributed by atoms with Crippen molar-refractivity contribution in [3.8, 4) is 0 Å². The molecule has 0 unspecified atom stereocenters. The first kappa shape index (κ1) is 13.6. The van der Waals surface area contributed by atoms with Crippen LogP contribution >= 0.6 is 0 Å². The lowest BCUT2D eigenvalue weighted by atomic mass is 9.86. The Labute approximate surface area is 120 Å². The van der Waals surface area contributed by atoms with E-state index in [1.54, 1.807) is 12.1 Å². The van der Waals surface area contributed by atoms with Gasteiger partial charge >= 0.3 is 0 Å². The molecular weight excluding hydrogens is 253 g/mol. The summed E-state index contributed by atoms with van der Waals surface area (Å²) < 4.78 is 13.3. The third kappa shape index (κ3) is 2.87. The largest absolute Gasteiger partial charge is 0.312 e. The molecule has 0 atom stereocenters. The van der Waals surface area contributed by atoms with E-state index in [1.165, 1.54) is 38.2 Å². The number of halogens is 1. The average Bonchev–Trinajstić information content (AvgIpc) is 2.47. The van der Waals surface area contributed by atoms with Crippen LogP contribution in [0.15, 0.2) is 18.2 Å². The summed E-state index contributed by atoms with van der Waals surface area (Å²) in [6.45, 7) is 0.782. The Morgan fingerprint density at radius 3 is 2.80 bits per heavy atom. The van der Waals surface area contributed by atoms with Gasteiger partial charge in [0.05, 0.1) is 0 Å². The van der Waals surface area contributed by atoms with Gasteiger partial charge in [-0.05, 0) is 55.4 Å². The van der Waals surface area contributed by atoms with E-state index in [1.807, 2.05) is 4.90 Å². The predicted octanol–water partition coefficient (Wildman–Crippen LogP) is 4.08. The second kappa shape index (κ2) is 5.94. The monoisotopic (exact) mass is 275 g/mol. The zero-order valence-electron chi connectivity index (χ0n) is 11.9. The highest BCUT2D eigenvalue weighted by Gasteiger charge is 2.25. The normalized spacial score (nSPS) is 19.8. The van der Waals surface area contributed by atoms with Gasteiger partial charge in [-0.2, -0.15) is 0 Å². The molecular formula is C17H22FNO. The minimum absolute atomic E-state index is 0.203. The second-order valence-corrected chi connectivity index (χ2v) is 6.13. The van der Waals surface area contributed by atoms with E-state index in [9.17, 15) is 9.18 Å². The Morgan fingerprint density at radius 1 is 1.20 bits per heavy atom. The van der Waals surface area contributed by atoms with Gasteiger partial charge in [0, 0.05) is 18.7 Å². The van der Waals surface area contributed by atoms with Crippen molar-refractivity contribution in [3.05, 3.63) is 29.6 Å². The highest BCUT2D eigenvalue weighted by Crippen LogP contribution is 2.31. The summed E-state index contributed by atoms with van der Waals surface area (Å²) in [5.74, 6) is 0.580. The molecule has 3 rings (SSSR count). The second-order valence-electron chi connectivity index (χ2n) is 6.13. The number of carbonyl (C=O) groups is 1. The van der Waals surface area contributed by atoms with Gasteiger partial charge in [-0.15, -0.1) is 0 Å². The van der Waals surface area contributed by atoms with Crippen molar-refractivity contribution < 1.29 is 9.18 Å². The molecule has 0 N–H and O–H groups in total. The van der Waals surface area contributed by atoms with Crippen molar-refractivity contribution in [2.24, 2.45) is 5.92 Å². The van der Waals surface area contributed by atoms with Crippen molar-refractivity contribution in [1.82, 2.24) is 0 Å². The predicted molar refractivity (Wildman–Crippen MR) is 78.3 cm³/mol. The molecule has 1 aliphatic carbocycles. The number of anilines is 1. The van der Waals surface area contributed by atoms with Crippen LogP contribution in [0.5, 0.6) is 0 Å². The van der Waals surface area contributed by atoms with Crippen molar-refractivity contribution in [1.29, 1.82) is 0 Å². The number of rotatable bonds is 2. The smallest absolute Gasteiger partial charge is 0.227 e. The van der Waals surface area contributed by atoms with Gasteiger partial charge in [0.25, 0.3) is 0 Å². The molecule has 108 valence electrons. The van der Waals surface area contributed by atoms with Crippen LogP contribution in [0.1, 0.15) is 50.5 Å². The Bertz CT molecular complexity index is 494. The van der Waals surface area contributed by atoms with Crippen molar-refractivity contribution >= 4 is 11.6 Å². The molecule has 1 fully saturated rings. The number of hydrogen-bond donors (Lipinski definition) is 0. The number of fused-ring (bicyclic) bond motifs is 1. The molecule has 0 radical (unpaired) electrons. The lowest BCUT2D eigenvalue weighted by Crippen LogP contribution is -2.36. The van der Waals surface area contributed by atoms with Gasteiger partial charge in [0.1, 0.15) is 5.82 Å². The van der Waals surface area contributed by atoms with Crippen LogP contribution in [-0.4, -0.2) is 12.5 Å². The molecule has 0 aromatic heterocycles. The summed E-state index contributed by atoms with van der Waals surface area (Å²) in [5.41, 5.74) is 1.91. The fraction of sp³-hybridized carbons (Fsp3) is 0.588. The molecule has 0 bridgehead atoms. The van der Waals surface area contributed by atoms with Crippen molar-refractivity contribution in [2.75, 3.05) is 11.4 Å². The number of benzene rings is 1. The summed E-state index contributed by atoms with van der Waals surface area (Å²) >= 11 is 0. The van der Waals surface area contributed by atoms with Crippen LogP contribution in [0.25, 0.3) is 0 Å². The number of aryl methyl sites for hydroxylation is 1. The van der Waals surface area contributed by atoms with E-state index in [0.29, 0.717) is 12.3 Å². The van der Waals surface area contributed by atoms with Crippen LogP contribution in [0.4, 0.5) is 10.1 Å². The minimum Gasteiger partial charge on any atom is -0.312 e. The van der Waals surface area contributed by atoms with Crippen LogP contribution in [-0.2, 0) is 11.2 Å². The summed E-state index contributed by atoms with van der Waals surface area (Å²) in [6.07, 6.45) is 8.70. The lowest BCUT2D eigenvalue weighted by Gasteiger charge is -2.31. The molecule has 1 aliphatic heterocycles. The summed E-state index contributed by atoms with van der Waals surface area (Å²) in [7, 11) is 0. The van der Waals surface area contributed by atoms with Crippen molar-refractivity contribution in [3.63, 3.8) is 0 Å². The average molecular weight is 275 g/mol. The number of carbonyl (C=O) groups excluding carboxylic acids is 1. The van der Waals surface area contributed by atoms with Gasteiger partial charge < -0.3 is 4.90 Å². The molecule has 1 heterocycles. The molecule has 0 saturated heterocycles. The molecule has 2 aliphatic rings. The van der Waals surface area contributed by atoms with E-state index < -0.39 is 0 Å². The maximum atomic E-state index is 13.3. The third-order valence-electron chi connectivity index (χ3n) is 4.65. The van der Waals surface area contributed by atoms with E-state index in [0.717, 1.165) is 30.6 Å².